The van der Waals surface area contributed by atoms with Crippen molar-refractivity contribution < 1.29 is 9.16 Å². The third-order valence-corrected chi connectivity index (χ3v) is 13.3. The summed E-state index contributed by atoms with van der Waals surface area (Å²) < 4.78 is 14.2. The van der Waals surface area contributed by atoms with E-state index in [0.29, 0.717) is 24.2 Å². The Morgan fingerprint density at radius 3 is 2.73 bits per heavy atom. The minimum atomic E-state index is -1.93. The molecular formula is C30H41N7O2Si. The highest BCUT2D eigenvalue weighted by Crippen LogP contribution is 2.44. The van der Waals surface area contributed by atoms with Gasteiger partial charge in [0.05, 0.1) is 34.4 Å². The summed E-state index contributed by atoms with van der Waals surface area (Å²) in [7, 11) is -1.93. The zero-order valence-electron chi connectivity index (χ0n) is 24.8. The number of hydrogen-bond donors (Lipinski definition) is 2. The van der Waals surface area contributed by atoms with E-state index in [1.54, 1.807) is 6.20 Å². The van der Waals surface area contributed by atoms with E-state index in [1.807, 2.05) is 29.9 Å². The summed E-state index contributed by atoms with van der Waals surface area (Å²) in [6.07, 6.45) is 5.70. The number of fused-ring (bicyclic) bond motifs is 1. The van der Waals surface area contributed by atoms with Gasteiger partial charge in [-0.25, -0.2) is 9.97 Å². The molecule has 0 bridgehead atoms. The fourth-order valence-corrected chi connectivity index (χ4v) is 6.16. The Morgan fingerprint density at radius 2 is 2.02 bits per heavy atom. The lowest BCUT2D eigenvalue weighted by Gasteiger charge is -2.39. The molecule has 0 radical (unpaired) electrons. The fraction of sp³-hybridized carbons (Fsp3) is 0.533. The van der Waals surface area contributed by atoms with Gasteiger partial charge in [0.2, 0.25) is 5.95 Å². The molecular weight excluding hydrogens is 518 g/mol. The SMILES string of the molecule is Cc1nn(C2CCOCC2)cc1Nc1nccc(-c2cc(C#N)c3c(c2)[C@@](C)(CO[Si](C)(C)C(C)(C)C)CN3)n1. The van der Waals surface area contributed by atoms with Crippen LogP contribution in [-0.2, 0) is 14.6 Å². The number of nitrogens with one attached hydrogen (secondary N) is 2. The molecule has 4 heterocycles. The van der Waals surface area contributed by atoms with Crippen molar-refractivity contribution in [3.8, 4) is 17.3 Å². The first-order chi connectivity index (χ1) is 18.9. The number of benzene rings is 1. The highest BCUT2D eigenvalue weighted by atomic mass is 28.4. The van der Waals surface area contributed by atoms with Gasteiger partial charge in [0.15, 0.2) is 8.32 Å². The van der Waals surface area contributed by atoms with Crippen LogP contribution in [0.3, 0.4) is 0 Å². The first-order valence-electron chi connectivity index (χ1n) is 14.1. The largest absolute Gasteiger partial charge is 0.416 e. The van der Waals surface area contributed by atoms with Crippen molar-refractivity contribution in [3.63, 3.8) is 0 Å². The zero-order valence-corrected chi connectivity index (χ0v) is 25.8. The predicted octanol–water partition coefficient (Wildman–Crippen LogP) is 6.32. The lowest BCUT2D eigenvalue weighted by molar-refractivity contribution is 0.0662. The molecule has 5 rings (SSSR count). The molecule has 2 aliphatic heterocycles. The van der Waals surface area contributed by atoms with Crippen molar-refractivity contribution >= 4 is 25.6 Å². The van der Waals surface area contributed by atoms with Crippen LogP contribution >= 0.6 is 0 Å². The molecule has 3 aromatic rings. The van der Waals surface area contributed by atoms with Crippen LogP contribution in [0.15, 0.2) is 30.6 Å². The van der Waals surface area contributed by atoms with Crippen LogP contribution in [-0.4, -0.2) is 54.4 Å². The standard InChI is InChI=1S/C30H41N7O2Si/c1-20-26(17-37(36-20)23-9-12-38-13-10-23)35-28-32-11-8-25(34-28)21-14-22(16-31)27-24(15-21)30(5,18-33-27)19-39-40(6,7)29(2,3)4/h8,11,14-15,17,23,33H,9-10,12-13,18-19H2,1-7H3,(H,32,34,35)/t30-/m1/s1. The van der Waals surface area contributed by atoms with Crippen LogP contribution in [0.1, 0.15) is 63.4 Å². The third kappa shape index (κ3) is 5.51. The average molecular weight is 560 g/mol. The summed E-state index contributed by atoms with van der Waals surface area (Å²) in [6, 6.07) is 8.69. The maximum atomic E-state index is 10.0. The maximum absolute atomic E-state index is 10.0. The van der Waals surface area contributed by atoms with Gasteiger partial charge in [-0.05, 0) is 61.7 Å². The highest BCUT2D eigenvalue weighted by Gasteiger charge is 2.42. The number of ether oxygens (including phenoxy) is 1. The molecule has 2 aromatic heterocycles. The first-order valence-corrected chi connectivity index (χ1v) is 17.0. The molecule has 0 saturated carbocycles. The summed E-state index contributed by atoms with van der Waals surface area (Å²) in [4.78, 5) is 9.31. The summed E-state index contributed by atoms with van der Waals surface area (Å²) in [5.41, 5.74) is 5.78. The molecule has 0 spiro atoms. The lowest BCUT2D eigenvalue weighted by atomic mass is 9.83. The van der Waals surface area contributed by atoms with E-state index in [1.165, 1.54) is 0 Å². The van der Waals surface area contributed by atoms with E-state index in [9.17, 15) is 5.26 Å². The molecule has 40 heavy (non-hydrogen) atoms. The molecule has 1 atom stereocenters. The van der Waals surface area contributed by atoms with Gasteiger partial charge in [0, 0.05) is 49.7 Å². The van der Waals surface area contributed by atoms with Gasteiger partial charge in [-0.2, -0.15) is 10.4 Å². The Kier molecular flexibility index (Phi) is 7.50. The van der Waals surface area contributed by atoms with Crippen molar-refractivity contribution in [3.05, 3.63) is 47.4 Å². The predicted molar refractivity (Wildman–Crippen MR) is 161 cm³/mol. The van der Waals surface area contributed by atoms with Crippen LogP contribution in [0, 0.1) is 18.3 Å². The molecule has 1 aromatic carbocycles. The second-order valence-electron chi connectivity index (χ2n) is 12.9. The van der Waals surface area contributed by atoms with Gasteiger partial charge in [-0.15, -0.1) is 0 Å². The van der Waals surface area contributed by atoms with Crippen molar-refractivity contribution in [2.45, 2.75) is 77.0 Å². The number of hydrogen-bond acceptors (Lipinski definition) is 8. The Bertz CT molecular complexity index is 1430. The van der Waals surface area contributed by atoms with Crippen LogP contribution in [0.4, 0.5) is 17.3 Å². The van der Waals surface area contributed by atoms with Gasteiger partial charge in [-0.1, -0.05) is 27.7 Å². The van der Waals surface area contributed by atoms with E-state index in [2.05, 4.69) is 68.5 Å². The summed E-state index contributed by atoms with van der Waals surface area (Å²) in [5.74, 6) is 0.494. The van der Waals surface area contributed by atoms with Crippen LogP contribution < -0.4 is 10.6 Å². The number of nitrogens with zero attached hydrogens (tertiary/aromatic N) is 5. The van der Waals surface area contributed by atoms with Crippen LogP contribution in [0.25, 0.3) is 11.3 Å². The molecule has 1 fully saturated rings. The molecule has 2 N–H and O–H groups in total. The molecule has 212 valence electrons. The summed E-state index contributed by atoms with van der Waals surface area (Å²) in [5, 5.41) is 21.7. The van der Waals surface area contributed by atoms with E-state index >= 15 is 0 Å². The molecule has 0 aliphatic carbocycles. The minimum Gasteiger partial charge on any atom is -0.416 e. The molecule has 0 amide bonds. The first kappa shape index (κ1) is 28.3. The Hall–Kier alpha value is -3.26. The smallest absolute Gasteiger partial charge is 0.227 e. The number of nitriles is 1. The molecule has 10 heteroatoms. The monoisotopic (exact) mass is 559 g/mol. The Labute approximate surface area is 238 Å². The quantitative estimate of drug-likeness (QED) is 0.324. The van der Waals surface area contributed by atoms with Gasteiger partial charge in [0.1, 0.15) is 6.07 Å². The van der Waals surface area contributed by atoms with Crippen molar-refractivity contribution in [2.24, 2.45) is 0 Å². The summed E-state index contributed by atoms with van der Waals surface area (Å²) >= 11 is 0. The van der Waals surface area contributed by atoms with Crippen LogP contribution in [0.5, 0.6) is 0 Å². The number of rotatable bonds is 7. The zero-order chi connectivity index (χ0) is 28.7. The Morgan fingerprint density at radius 1 is 1.27 bits per heavy atom. The second-order valence-corrected chi connectivity index (χ2v) is 17.7. The molecule has 2 aliphatic rings. The Balaban J connectivity index is 1.42. The minimum absolute atomic E-state index is 0.127. The van der Waals surface area contributed by atoms with Crippen molar-refractivity contribution in [1.29, 1.82) is 5.26 Å². The van der Waals surface area contributed by atoms with Gasteiger partial charge >= 0.3 is 0 Å². The maximum Gasteiger partial charge on any atom is 0.227 e. The van der Waals surface area contributed by atoms with Crippen molar-refractivity contribution in [2.75, 3.05) is 37.0 Å². The average Bonchev–Trinajstić information content (AvgIpc) is 3.47. The highest BCUT2D eigenvalue weighted by molar-refractivity contribution is 6.74. The van der Waals surface area contributed by atoms with Gasteiger partial charge < -0.3 is 19.8 Å². The lowest BCUT2D eigenvalue weighted by Crippen LogP contribution is -2.45. The van der Waals surface area contributed by atoms with E-state index in [0.717, 1.165) is 66.5 Å². The van der Waals surface area contributed by atoms with E-state index < -0.39 is 8.32 Å². The number of aryl methyl sites for hydroxylation is 1. The van der Waals surface area contributed by atoms with Gasteiger partial charge in [0.25, 0.3) is 0 Å². The summed E-state index contributed by atoms with van der Waals surface area (Å²) in [6.45, 7) is 18.4. The molecule has 1 saturated heterocycles. The van der Waals surface area contributed by atoms with Gasteiger partial charge in [-0.3, -0.25) is 4.68 Å². The topological polar surface area (TPSA) is 110 Å². The number of aromatic nitrogens is 4. The molecule has 9 nitrogen and oxygen atoms in total. The number of anilines is 3. The second kappa shape index (κ2) is 10.6. The third-order valence-electron chi connectivity index (χ3n) is 8.80. The van der Waals surface area contributed by atoms with E-state index in [4.69, 9.17) is 19.2 Å². The molecule has 0 unspecified atom stereocenters. The normalized spacial score (nSPS) is 19.6. The van der Waals surface area contributed by atoms with E-state index in [-0.39, 0.29) is 10.5 Å². The fourth-order valence-electron chi connectivity index (χ4n) is 5.05. The van der Waals surface area contributed by atoms with Crippen LogP contribution in [0.2, 0.25) is 18.1 Å². The van der Waals surface area contributed by atoms with Crippen molar-refractivity contribution in [1.82, 2.24) is 19.7 Å².